The minimum atomic E-state index is -0.282. The quantitative estimate of drug-likeness (QED) is 0.875. The summed E-state index contributed by atoms with van der Waals surface area (Å²) in [6.07, 6.45) is 1.64. The highest BCUT2D eigenvalue weighted by Gasteiger charge is 2.20. The third kappa shape index (κ3) is 4.11. The van der Waals surface area contributed by atoms with E-state index in [0.29, 0.717) is 17.9 Å². The molecule has 6 nitrogen and oxygen atoms in total. The SMILES string of the molecule is Cn1ncc(N2CCN(CCNc3ccccc3F)CC2)c(Cl)c1=O. The highest BCUT2D eigenvalue weighted by molar-refractivity contribution is 6.33. The Morgan fingerprint density at radius 3 is 2.68 bits per heavy atom. The molecule has 0 amide bonds. The van der Waals surface area contributed by atoms with Crippen LogP contribution in [0.4, 0.5) is 15.8 Å². The van der Waals surface area contributed by atoms with Crippen molar-refractivity contribution < 1.29 is 4.39 Å². The number of piperazine rings is 1. The van der Waals surface area contributed by atoms with Gasteiger partial charge in [-0.15, -0.1) is 0 Å². The van der Waals surface area contributed by atoms with Crippen LogP contribution in [0.3, 0.4) is 0 Å². The van der Waals surface area contributed by atoms with Crippen LogP contribution in [0.25, 0.3) is 0 Å². The highest BCUT2D eigenvalue weighted by atomic mass is 35.5. The first kappa shape index (κ1) is 17.7. The van der Waals surface area contributed by atoms with E-state index in [1.165, 1.54) is 10.7 Å². The number of nitrogens with zero attached hydrogens (tertiary/aromatic N) is 4. The van der Waals surface area contributed by atoms with Gasteiger partial charge in [-0.3, -0.25) is 9.69 Å². The summed E-state index contributed by atoms with van der Waals surface area (Å²) in [7, 11) is 1.58. The third-order valence-corrected chi connectivity index (χ3v) is 4.75. The maximum Gasteiger partial charge on any atom is 0.287 e. The minimum Gasteiger partial charge on any atom is -0.381 e. The van der Waals surface area contributed by atoms with E-state index in [1.54, 1.807) is 25.4 Å². The Morgan fingerprint density at radius 1 is 1.24 bits per heavy atom. The standard InChI is InChI=1S/C17H21ClFN5O/c1-22-17(25)16(18)15(12-21-22)24-10-8-23(9-11-24)7-6-20-14-5-3-2-4-13(14)19/h2-5,12,20H,6-11H2,1H3. The maximum absolute atomic E-state index is 13.6. The predicted molar refractivity (Wildman–Crippen MR) is 98.0 cm³/mol. The Kier molecular flexibility index (Phi) is 5.55. The molecule has 1 aromatic carbocycles. The molecule has 0 spiro atoms. The van der Waals surface area contributed by atoms with Crippen molar-refractivity contribution in [3.8, 4) is 0 Å². The molecule has 1 fully saturated rings. The lowest BCUT2D eigenvalue weighted by atomic mass is 10.2. The molecule has 0 unspecified atom stereocenters. The second kappa shape index (κ2) is 7.84. The Balaban J connectivity index is 1.50. The topological polar surface area (TPSA) is 53.4 Å². The van der Waals surface area contributed by atoms with Crippen LogP contribution in [0.2, 0.25) is 5.02 Å². The summed E-state index contributed by atoms with van der Waals surface area (Å²) in [5.74, 6) is -0.236. The predicted octanol–water partition coefficient (Wildman–Crippen LogP) is 1.81. The number of rotatable bonds is 5. The fourth-order valence-corrected chi connectivity index (χ4v) is 3.18. The van der Waals surface area contributed by atoms with E-state index in [2.05, 4.69) is 20.2 Å². The van der Waals surface area contributed by atoms with Crippen molar-refractivity contribution in [3.63, 3.8) is 0 Å². The molecule has 2 aromatic rings. The van der Waals surface area contributed by atoms with Crippen molar-refractivity contribution in [1.29, 1.82) is 0 Å². The first-order chi connectivity index (χ1) is 12.1. The fourth-order valence-electron chi connectivity index (χ4n) is 2.89. The van der Waals surface area contributed by atoms with Gasteiger partial charge in [-0.05, 0) is 12.1 Å². The number of aryl methyl sites for hydroxylation is 1. The van der Waals surface area contributed by atoms with E-state index < -0.39 is 0 Å². The van der Waals surface area contributed by atoms with Gasteiger partial charge in [0.15, 0.2) is 0 Å². The zero-order chi connectivity index (χ0) is 17.8. The second-order valence-corrected chi connectivity index (χ2v) is 6.39. The number of nitrogens with one attached hydrogen (secondary N) is 1. The van der Waals surface area contributed by atoms with Gasteiger partial charge in [0.1, 0.15) is 10.8 Å². The van der Waals surface area contributed by atoms with Gasteiger partial charge in [-0.2, -0.15) is 5.10 Å². The van der Waals surface area contributed by atoms with Gasteiger partial charge in [0, 0.05) is 46.3 Å². The summed E-state index contributed by atoms with van der Waals surface area (Å²) >= 11 is 6.16. The van der Waals surface area contributed by atoms with Crippen LogP contribution < -0.4 is 15.8 Å². The van der Waals surface area contributed by atoms with Crippen molar-refractivity contribution in [2.24, 2.45) is 7.05 Å². The average Bonchev–Trinajstić information content (AvgIpc) is 2.62. The molecule has 8 heteroatoms. The van der Waals surface area contributed by atoms with E-state index in [1.807, 2.05) is 6.07 Å². The molecule has 134 valence electrons. The Bertz CT molecular complexity index is 789. The number of halogens is 2. The van der Waals surface area contributed by atoms with E-state index >= 15 is 0 Å². The van der Waals surface area contributed by atoms with Gasteiger partial charge in [-0.25, -0.2) is 9.07 Å². The molecule has 1 aromatic heterocycles. The largest absolute Gasteiger partial charge is 0.381 e. The van der Waals surface area contributed by atoms with Crippen molar-refractivity contribution in [3.05, 3.63) is 51.7 Å². The summed E-state index contributed by atoms with van der Waals surface area (Å²) in [4.78, 5) is 16.3. The third-order valence-electron chi connectivity index (χ3n) is 4.39. The minimum absolute atomic E-state index is 0.215. The van der Waals surface area contributed by atoms with Crippen LogP contribution in [0.15, 0.2) is 35.3 Å². The molecule has 1 saturated heterocycles. The lowest BCUT2D eigenvalue weighted by molar-refractivity contribution is 0.267. The zero-order valence-electron chi connectivity index (χ0n) is 14.1. The zero-order valence-corrected chi connectivity index (χ0v) is 14.8. The number of anilines is 2. The van der Waals surface area contributed by atoms with Gasteiger partial charge in [0.25, 0.3) is 5.56 Å². The lowest BCUT2D eigenvalue weighted by Crippen LogP contribution is -2.48. The number of aromatic nitrogens is 2. The summed E-state index contributed by atoms with van der Waals surface area (Å²) in [5, 5.41) is 7.38. The Hall–Kier alpha value is -2.12. The molecule has 0 saturated carbocycles. The summed E-state index contributed by atoms with van der Waals surface area (Å²) in [6.45, 7) is 4.75. The van der Waals surface area contributed by atoms with Gasteiger partial charge in [-0.1, -0.05) is 23.7 Å². The van der Waals surface area contributed by atoms with Crippen LogP contribution in [0.1, 0.15) is 0 Å². The highest BCUT2D eigenvalue weighted by Crippen LogP contribution is 2.22. The lowest BCUT2D eigenvalue weighted by Gasteiger charge is -2.36. The molecule has 0 atom stereocenters. The molecule has 0 aliphatic carbocycles. The van der Waals surface area contributed by atoms with Crippen LogP contribution in [0, 0.1) is 5.82 Å². The van der Waals surface area contributed by atoms with Gasteiger partial charge in [0.05, 0.1) is 17.6 Å². The molecule has 0 bridgehead atoms. The molecule has 2 heterocycles. The maximum atomic E-state index is 13.6. The van der Waals surface area contributed by atoms with Crippen LogP contribution in [-0.4, -0.2) is 53.9 Å². The number of benzene rings is 1. The Morgan fingerprint density at radius 2 is 1.96 bits per heavy atom. The summed E-state index contributed by atoms with van der Waals surface area (Å²) in [5.41, 5.74) is 0.934. The molecular weight excluding hydrogens is 345 g/mol. The molecule has 3 rings (SSSR count). The van der Waals surface area contributed by atoms with E-state index in [4.69, 9.17) is 11.6 Å². The van der Waals surface area contributed by atoms with Crippen LogP contribution in [0.5, 0.6) is 0 Å². The number of para-hydroxylation sites is 1. The van der Waals surface area contributed by atoms with Crippen molar-refractivity contribution in [1.82, 2.24) is 14.7 Å². The van der Waals surface area contributed by atoms with E-state index in [-0.39, 0.29) is 16.4 Å². The first-order valence-electron chi connectivity index (χ1n) is 8.24. The van der Waals surface area contributed by atoms with Crippen molar-refractivity contribution >= 4 is 23.0 Å². The average molecular weight is 366 g/mol. The van der Waals surface area contributed by atoms with Crippen LogP contribution >= 0.6 is 11.6 Å². The molecule has 1 N–H and O–H groups in total. The van der Waals surface area contributed by atoms with Gasteiger partial charge >= 0.3 is 0 Å². The van der Waals surface area contributed by atoms with Crippen molar-refractivity contribution in [2.75, 3.05) is 49.5 Å². The first-order valence-corrected chi connectivity index (χ1v) is 8.61. The fraction of sp³-hybridized carbons (Fsp3) is 0.412. The molecule has 25 heavy (non-hydrogen) atoms. The normalized spacial score (nSPS) is 15.4. The molecule has 0 radical (unpaired) electrons. The van der Waals surface area contributed by atoms with Crippen LogP contribution in [-0.2, 0) is 7.05 Å². The summed E-state index contributed by atoms with van der Waals surface area (Å²) < 4.78 is 14.8. The van der Waals surface area contributed by atoms with Gasteiger partial charge < -0.3 is 10.2 Å². The number of hydrogen-bond acceptors (Lipinski definition) is 5. The second-order valence-electron chi connectivity index (χ2n) is 6.01. The summed E-state index contributed by atoms with van der Waals surface area (Å²) in [6, 6.07) is 6.67. The van der Waals surface area contributed by atoms with E-state index in [0.717, 1.165) is 32.7 Å². The smallest absolute Gasteiger partial charge is 0.287 e. The Labute approximate surface area is 150 Å². The molecule has 1 aliphatic rings. The van der Waals surface area contributed by atoms with Gasteiger partial charge in [0.2, 0.25) is 0 Å². The monoisotopic (exact) mass is 365 g/mol. The number of hydrogen-bond donors (Lipinski definition) is 1. The molecular formula is C17H21ClFN5O. The molecule has 1 aliphatic heterocycles. The van der Waals surface area contributed by atoms with E-state index in [9.17, 15) is 9.18 Å². The van der Waals surface area contributed by atoms with Crippen molar-refractivity contribution in [2.45, 2.75) is 0 Å².